The average molecular weight is 399 g/mol. The van der Waals surface area contributed by atoms with Gasteiger partial charge in [-0.3, -0.25) is 9.69 Å². The molecular formula is C20H17NO4S2. The van der Waals surface area contributed by atoms with Crippen LogP contribution in [0.1, 0.15) is 16.7 Å². The molecule has 0 unspecified atom stereocenters. The van der Waals surface area contributed by atoms with Gasteiger partial charge in [0, 0.05) is 5.56 Å². The number of amides is 1. The first-order valence-electron chi connectivity index (χ1n) is 8.15. The lowest BCUT2D eigenvalue weighted by atomic mass is 10.1. The second-order valence-corrected chi connectivity index (χ2v) is 7.70. The van der Waals surface area contributed by atoms with Crippen LogP contribution in [0.4, 0.5) is 5.69 Å². The minimum absolute atomic E-state index is 0.204. The van der Waals surface area contributed by atoms with Gasteiger partial charge in [0.25, 0.3) is 5.91 Å². The van der Waals surface area contributed by atoms with E-state index in [1.165, 1.54) is 16.7 Å². The highest BCUT2D eigenvalue weighted by Crippen LogP contribution is 2.38. The molecule has 1 aliphatic rings. The summed E-state index contributed by atoms with van der Waals surface area (Å²) >= 11 is 6.64. The van der Waals surface area contributed by atoms with E-state index in [1.807, 2.05) is 32.0 Å². The Kier molecular flexibility index (Phi) is 5.62. The first kappa shape index (κ1) is 19.1. The zero-order chi connectivity index (χ0) is 19.6. The molecule has 0 radical (unpaired) electrons. The average Bonchev–Trinajstić information content (AvgIpc) is 2.88. The van der Waals surface area contributed by atoms with Crippen molar-refractivity contribution < 1.29 is 19.4 Å². The maximum Gasteiger partial charge on any atom is 0.341 e. The van der Waals surface area contributed by atoms with Gasteiger partial charge in [-0.25, -0.2) is 4.79 Å². The van der Waals surface area contributed by atoms with Gasteiger partial charge in [0.05, 0.1) is 10.6 Å². The number of aliphatic carboxylic acids is 1. The first-order valence-corrected chi connectivity index (χ1v) is 9.38. The van der Waals surface area contributed by atoms with Crippen molar-refractivity contribution in [3.8, 4) is 5.75 Å². The lowest BCUT2D eigenvalue weighted by molar-refractivity contribution is -0.139. The van der Waals surface area contributed by atoms with Crippen molar-refractivity contribution in [2.75, 3.05) is 11.5 Å². The van der Waals surface area contributed by atoms with Crippen molar-refractivity contribution in [3.63, 3.8) is 0 Å². The number of carboxylic acid groups (broad SMARTS) is 1. The van der Waals surface area contributed by atoms with Crippen LogP contribution >= 0.6 is 24.0 Å². The smallest absolute Gasteiger partial charge is 0.341 e. The summed E-state index contributed by atoms with van der Waals surface area (Å²) < 4.78 is 5.76. The number of benzene rings is 2. The third kappa shape index (κ3) is 4.20. The van der Waals surface area contributed by atoms with Gasteiger partial charge in [-0.1, -0.05) is 59.9 Å². The molecule has 0 atom stereocenters. The normalized spacial score (nSPS) is 15.5. The molecule has 3 rings (SSSR count). The third-order valence-electron chi connectivity index (χ3n) is 3.94. The molecule has 27 heavy (non-hydrogen) atoms. The quantitative estimate of drug-likeness (QED) is 0.601. The predicted molar refractivity (Wildman–Crippen MR) is 111 cm³/mol. The summed E-state index contributed by atoms with van der Waals surface area (Å²) in [6.07, 6.45) is 1.68. The molecule has 1 N–H and O–H groups in total. The van der Waals surface area contributed by atoms with Gasteiger partial charge in [0.1, 0.15) is 5.75 Å². The summed E-state index contributed by atoms with van der Waals surface area (Å²) in [4.78, 5) is 25.7. The molecule has 1 fully saturated rings. The molecule has 1 aliphatic heterocycles. The van der Waals surface area contributed by atoms with Crippen LogP contribution in [0.5, 0.6) is 5.75 Å². The Hall–Kier alpha value is -2.64. The van der Waals surface area contributed by atoms with Gasteiger partial charge in [-0.2, -0.15) is 0 Å². The maximum absolute atomic E-state index is 12.9. The summed E-state index contributed by atoms with van der Waals surface area (Å²) in [5.41, 5.74) is 3.47. The number of thiocarbonyl (C=S) groups is 1. The van der Waals surface area contributed by atoms with Crippen LogP contribution in [0.3, 0.4) is 0 Å². The Morgan fingerprint density at radius 1 is 1.26 bits per heavy atom. The molecule has 2 aromatic rings. The molecule has 7 heteroatoms. The Bertz CT molecular complexity index is 968. The summed E-state index contributed by atoms with van der Waals surface area (Å²) in [6, 6.07) is 12.8. The van der Waals surface area contributed by atoms with Crippen molar-refractivity contribution >= 4 is 51.9 Å². The fourth-order valence-electron chi connectivity index (χ4n) is 2.74. The van der Waals surface area contributed by atoms with E-state index in [0.29, 0.717) is 20.5 Å². The second-order valence-electron chi connectivity index (χ2n) is 6.03. The highest BCUT2D eigenvalue weighted by atomic mass is 32.2. The van der Waals surface area contributed by atoms with Crippen LogP contribution in [0.15, 0.2) is 47.4 Å². The molecule has 138 valence electrons. The minimum Gasteiger partial charge on any atom is -0.481 e. The van der Waals surface area contributed by atoms with E-state index < -0.39 is 12.6 Å². The summed E-state index contributed by atoms with van der Waals surface area (Å²) in [5, 5.41) is 8.81. The zero-order valence-corrected chi connectivity index (χ0v) is 16.4. The highest BCUT2D eigenvalue weighted by molar-refractivity contribution is 8.27. The largest absolute Gasteiger partial charge is 0.481 e. The van der Waals surface area contributed by atoms with Crippen molar-refractivity contribution in [2.24, 2.45) is 0 Å². The Morgan fingerprint density at radius 3 is 2.70 bits per heavy atom. The maximum atomic E-state index is 12.9. The van der Waals surface area contributed by atoms with E-state index >= 15 is 0 Å². The van der Waals surface area contributed by atoms with Gasteiger partial charge >= 0.3 is 5.97 Å². The van der Waals surface area contributed by atoms with E-state index in [4.69, 9.17) is 22.1 Å². The van der Waals surface area contributed by atoms with Crippen LogP contribution < -0.4 is 9.64 Å². The number of ether oxygens (including phenoxy) is 1. The number of rotatable bonds is 5. The van der Waals surface area contributed by atoms with Gasteiger partial charge in [-0.15, -0.1) is 0 Å². The minimum atomic E-state index is -1.06. The number of carbonyl (C=O) groups excluding carboxylic acids is 1. The number of thioether (sulfide) groups is 1. The summed E-state index contributed by atoms with van der Waals surface area (Å²) in [6.45, 7) is 3.49. The van der Waals surface area contributed by atoms with E-state index in [9.17, 15) is 9.59 Å². The fraction of sp³-hybridized carbons (Fsp3) is 0.150. The number of hydrogen-bond acceptors (Lipinski definition) is 5. The number of carbonyl (C=O) groups is 2. The molecule has 1 heterocycles. The highest BCUT2D eigenvalue weighted by Gasteiger charge is 2.34. The van der Waals surface area contributed by atoms with Crippen LogP contribution in [0.25, 0.3) is 6.08 Å². The van der Waals surface area contributed by atoms with E-state index in [-0.39, 0.29) is 5.91 Å². The monoisotopic (exact) mass is 399 g/mol. The Balaban J connectivity index is 1.92. The molecule has 0 aliphatic carbocycles. The van der Waals surface area contributed by atoms with E-state index in [2.05, 4.69) is 0 Å². The van der Waals surface area contributed by atoms with Crippen molar-refractivity contribution in [1.82, 2.24) is 0 Å². The summed E-state index contributed by atoms with van der Waals surface area (Å²) in [5.74, 6) is -0.868. The number of aryl methyl sites for hydroxylation is 2. The molecule has 2 aromatic carbocycles. The van der Waals surface area contributed by atoms with Crippen molar-refractivity contribution in [2.45, 2.75) is 13.8 Å². The van der Waals surface area contributed by atoms with Crippen LogP contribution in [0.2, 0.25) is 0 Å². The molecule has 0 bridgehead atoms. The van der Waals surface area contributed by atoms with E-state index in [1.54, 1.807) is 30.3 Å². The van der Waals surface area contributed by atoms with Crippen molar-refractivity contribution in [3.05, 3.63) is 64.1 Å². The Labute approximate surface area is 166 Å². The lowest BCUT2D eigenvalue weighted by Crippen LogP contribution is -2.28. The van der Waals surface area contributed by atoms with Gasteiger partial charge < -0.3 is 9.84 Å². The number of hydrogen-bond donors (Lipinski definition) is 1. The Morgan fingerprint density at radius 2 is 2.00 bits per heavy atom. The predicted octanol–water partition coefficient (Wildman–Crippen LogP) is 4.17. The molecule has 0 aromatic heterocycles. The van der Waals surface area contributed by atoms with E-state index in [0.717, 1.165) is 16.8 Å². The van der Waals surface area contributed by atoms with Crippen LogP contribution in [0, 0.1) is 13.8 Å². The zero-order valence-electron chi connectivity index (χ0n) is 14.8. The number of para-hydroxylation sites is 1. The van der Waals surface area contributed by atoms with Gasteiger partial charge in [0.15, 0.2) is 10.9 Å². The molecule has 1 amide bonds. The topological polar surface area (TPSA) is 66.8 Å². The fourth-order valence-corrected chi connectivity index (χ4v) is 4.02. The van der Waals surface area contributed by atoms with Crippen LogP contribution in [-0.4, -0.2) is 27.9 Å². The van der Waals surface area contributed by atoms with Gasteiger partial charge in [-0.05, 0) is 37.6 Å². The second kappa shape index (κ2) is 7.94. The lowest BCUT2D eigenvalue weighted by Gasteiger charge is -2.17. The molecule has 1 saturated heterocycles. The SMILES string of the molecule is Cc1ccc(N2C(=O)/C(=C\c3ccccc3OCC(=O)O)SC2=S)c(C)c1. The first-order chi connectivity index (χ1) is 12.9. The number of anilines is 1. The molecule has 0 spiro atoms. The van der Waals surface area contributed by atoms with Gasteiger partial charge in [0.2, 0.25) is 0 Å². The van der Waals surface area contributed by atoms with Crippen molar-refractivity contribution in [1.29, 1.82) is 0 Å². The number of nitrogens with zero attached hydrogens (tertiary/aromatic N) is 1. The standard InChI is InChI=1S/C20H17NO4S2/c1-12-7-8-15(13(2)9-12)21-19(24)17(27-20(21)26)10-14-5-3-4-6-16(14)25-11-18(22)23/h3-10H,11H2,1-2H3,(H,22,23)/b17-10+. The summed E-state index contributed by atoms with van der Waals surface area (Å²) in [7, 11) is 0. The molecular weight excluding hydrogens is 382 g/mol. The molecule has 5 nitrogen and oxygen atoms in total. The molecule has 0 saturated carbocycles. The number of carboxylic acids is 1. The third-order valence-corrected chi connectivity index (χ3v) is 5.25. The van der Waals surface area contributed by atoms with Crippen LogP contribution in [-0.2, 0) is 9.59 Å².